The molecule has 0 bridgehead atoms. The Kier molecular flexibility index (Phi) is 6.01. The van der Waals surface area contributed by atoms with E-state index in [2.05, 4.69) is 43.5 Å². The Labute approximate surface area is 128 Å². The number of nitrogens with zero attached hydrogens (tertiary/aromatic N) is 2. The van der Waals surface area contributed by atoms with Gasteiger partial charge in [-0.3, -0.25) is 4.99 Å². The maximum atomic E-state index is 4.46. The van der Waals surface area contributed by atoms with Crippen LogP contribution in [0.5, 0.6) is 0 Å². The average molecular weight is 308 g/mol. The maximum Gasteiger partial charge on any atom is 0.191 e. The second kappa shape index (κ2) is 8.01. The molecule has 2 heterocycles. The zero-order valence-corrected chi connectivity index (χ0v) is 13.5. The summed E-state index contributed by atoms with van der Waals surface area (Å²) in [6.07, 6.45) is 2.08. The van der Waals surface area contributed by atoms with Gasteiger partial charge in [0.25, 0.3) is 0 Å². The Balaban J connectivity index is 1.64. The summed E-state index contributed by atoms with van der Waals surface area (Å²) in [7, 11) is 1.80. The fourth-order valence-corrected chi connectivity index (χ4v) is 3.23. The number of aliphatic imine (C=N–C) groups is 1. The van der Waals surface area contributed by atoms with Crippen molar-refractivity contribution in [3.8, 4) is 0 Å². The number of guanidine groups is 1. The monoisotopic (exact) mass is 308 g/mol. The van der Waals surface area contributed by atoms with E-state index < -0.39 is 0 Å². The Hall–Kier alpha value is -1.40. The predicted molar refractivity (Wildman–Crippen MR) is 87.7 cm³/mol. The van der Waals surface area contributed by atoms with Gasteiger partial charge in [-0.15, -0.1) is 22.7 Å². The molecule has 2 N–H and O–H groups in total. The number of aryl methyl sites for hydroxylation is 2. The van der Waals surface area contributed by atoms with Crippen molar-refractivity contribution in [1.82, 2.24) is 15.6 Å². The SMILES string of the molecule is CN=C(NCCCc1nc(C)cs1)NCc1cccs1. The molecule has 2 rings (SSSR count). The van der Waals surface area contributed by atoms with Crippen LogP contribution in [0.2, 0.25) is 0 Å². The number of thiophene rings is 1. The Bertz CT molecular complexity index is 531. The van der Waals surface area contributed by atoms with Crippen LogP contribution in [0.1, 0.15) is 22.0 Å². The minimum Gasteiger partial charge on any atom is -0.356 e. The van der Waals surface area contributed by atoms with Crippen molar-refractivity contribution in [2.24, 2.45) is 4.99 Å². The van der Waals surface area contributed by atoms with Crippen LogP contribution in [-0.2, 0) is 13.0 Å². The van der Waals surface area contributed by atoms with Crippen LogP contribution in [0, 0.1) is 6.92 Å². The number of rotatable bonds is 6. The molecule has 2 aromatic heterocycles. The maximum absolute atomic E-state index is 4.46. The third-order valence-electron chi connectivity index (χ3n) is 2.76. The second-order valence-corrected chi connectivity index (χ2v) is 6.39. The average Bonchev–Trinajstić information content (AvgIpc) is 3.09. The number of aromatic nitrogens is 1. The van der Waals surface area contributed by atoms with Gasteiger partial charge in [0.15, 0.2) is 5.96 Å². The lowest BCUT2D eigenvalue weighted by molar-refractivity contribution is 0.740. The first-order valence-electron chi connectivity index (χ1n) is 6.66. The lowest BCUT2D eigenvalue weighted by atomic mass is 10.3. The van der Waals surface area contributed by atoms with Gasteiger partial charge in [0.1, 0.15) is 0 Å². The highest BCUT2D eigenvalue weighted by Gasteiger charge is 2.01. The summed E-state index contributed by atoms with van der Waals surface area (Å²) >= 11 is 3.49. The number of nitrogens with one attached hydrogen (secondary N) is 2. The van der Waals surface area contributed by atoms with Crippen LogP contribution in [0.15, 0.2) is 27.9 Å². The Morgan fingerprint density at radius 2 is 2.25 bits per heavy atom. The Morgan fingerprint density at radius 3 is 2.90 bits per heavy atom. The molecule has 0 fully saturated rings. The lowest BCUT2D eigenvalue weighted by Gasteiger charge is -2.10. The van der Waals surface area contributed by atoms with Crippen LogP contribution >= 0.6 is 22.7 Å². The second-order valence-electron chi connectivity index (χ2n) is 4.42. The van der Waals surface area contributed by atoms with Crippen LogP contribution in [0.3, 0.4) is 0 Å². The third kappa shape index (κ3) is 4.94. The van der Waals surface area contributed by atoms with Crippen LogP contribution in [0.25, 0.3) is 0 Å². The fraction of sp³-hybridized carbons (Fsp3) is 0.429. The molecule has 0 saturated heterocycles. The summed E-state index contributed by atoms with van der Waals surface area (Å²) < 4.78 is 0. The van der Waals surface area contributed by atoms with Crippen LogP contribution < -0.4 is 10.6 Å². The lowest BCUT2D eigenvalue weighted by Crippen LogP contribution is -2.37. The first kappa shape index (κ1) is 15.0. The van der Waals surface area contributed by atoms with Crippen molar-refractivity contribution in [1.29, 1.82) is 0 Å². The molecule has 2 aromatic rings. The van der Waals surface area contributed by atoms with E-state index in [4.69, 9.17) is 0 Å². The molecule has 0 spiro atoms. The van der Waals surface area contributed by atoms with Crippen LogP contribution in [0.4, 0.5) is 0 Å². The summed E-state index contributed by atoms with van der Waals surface area (Å²) in [5, 5.41) is 12.0. The van der Waals surface area contributed by atoms with Crippen molar-refractivity contribution in [2.45, 2.75) is 26.3 Å². The molecule has 0 aliphatic rings. The molecule has 0 atom stereocenters. The largest absolute Gasteiger partial charge is 0.356 e. The summed E-state index contributed by atoms with van der Waals surface area (Å²) in [4.78, 5) is 10.00. The first-order chi connectivity index (χ1) is 9.78. The van der Waals surface area contributed by atoms with Crippen molar-refractivity contribution < 1.29 is 0 Å². The quantitative estimate of drug-likeness (QED) is 0.490. The van der Waals surface area contributed by atoms with Crippen molar-refractivity contribution in [2.75, 3.05) is 13.6 Å². The topological polar surface area (TPSA) is 49.3 Å². The molecule has 0 aromatic carbocycles. The molecular formula is C14H20N4S2. The van der Waals surface area contributed by atoms with E-state index in [1.807, 2.05) is 6.92 Å². The highest BCUT2D eigenvalue weighted by atomic mass is 32.1. The van der Waals surface area contributed by atoms with E-state index in [9.17, 15) is 0 Å². The van der Waals surface area contributed by atoms with E-state index in [1.54, 1.807) is 29.7 Å². The predicted octanol–water partition coefficient (Wildman–Crippen LogP) is 2.81. The van der Waals surface area contributed by atoms with Crippen molar-refractivity contribution in [3.63, 3.8) is 0 Å². The molecule has 0 amide bonds. The van der Waals surface area contributed by atoms with E-state index in [0.29, 0.717) is 0 Å². The van der Waals surface area contributed by atoms with Crippen molar-refractivity contribution in [3.05, 3.63) is 38.5 Å². The standard InChI is InChI=1S/C14H20N4S2/c1-11-10-20-13(18-11)6-3-7-16-14(15-2)17-9-12-5-4-8-19-12/h4-5,8,10H,3,6-7,9H2,1-2H3,(H2,15,16,17). The highest BCUT2D eigenvalue weighted by Crippen LogP contribution is 2.10. The minimum absolute atomic E-state index is 0.822. The van der Waals surface area contributed by atoms with Gasteiger partial charge in [0.05, 0.1) is 11.6 Å². The molecular weight excluding hydrogens is 288 g/mol. The van der Waals surface area contributed by atoms with Crippen LogP contribution in [-0.4, -0.2) is 24.5 Å². The van der Waals surface area contributed by atoms with Gasteiger partial charge in [-0.1, -0.05) is 6.07 Å². The van der Waals surface area contributed by atoms with E-state index in [0.717, 1.165) is 37.6 Å². The highest BCUT2D eigenvalue weighted by molar-refractivity contribution is 7.10. The van der Waals surface area contributed by atoms with Gasteiger partial charge >= 0.3 is 0 Å². The summed E-state index contributed by atoms with van der Waals surface area (Å²) in [6, 6.07) is 4.18. The molecule has 20 heavy (non-hydrogen) atoms. The third-order valence-corrected chi connectivity index (χ3v) is 4.66. The Morgan fingerprint density at radius 1 is 1.35 bits per heavy atom. The van der Waals surface area contributed by atoms with Gasteiger partial charge in [-0.25, -0.2) is 4.98 Å². The molecule has 0 radical (unpaired) electrons. The van der Waals surface area contributed by atoms with Crippen molar-refractivity contribution >= 4 is 28.6 Å². The number of hydrogen-bond acceptors (Lipinski definition) is 4. The fourth-order valence-electron chi connectivity index (χ4n) is 1.77. The normalized spacial score (nSPS) is 11.6. The first-order valence-corrected chi connectivity index (χ1v) is 8.42. The molecule has 0 saturated carbocycles. The molecule has 0 aliphatic carbocycles. The van der Waals surface area contributed by atoms with Gasteiger partial charge in [-0.2, -0.15) is 0 Å². The van der Waals surface area contributed by atoms with Gasteiger partial charge in [0.2, 0.25) is 0 Å². The zero-order chi connectivity index (χ0) is 14.2. The van der Waals surface area contributed by atoms with E-state index >= 15 is 0 Å². The minimum atomic E-state index is 0.822. The molecule has 6 heteroatoms. The van der Waals surface area contributed by atoms with E-state index in [1.165, 1.54) is 9.88 Å². The molecule has 108 valence electrons. The zero-order valence-electron chi connectivity index (χ0n) is 11.8. The van der Waals surface area contributed by atoms with E-state index in [-0.39, 0.29) is 0 Å². The molecule has 4 nitrogen and oxygen atoms in total. The van der Waals surface area contributed by atoms with Gasteiger partial charge < -0.3 is 10.6 Å². The number of hydrogen-bond donors (Lipinski definition) is 2. The summed E-state index contributed by atoms with van der Waals surface area (Å²) in [6.45, 7) is 3.76. The molecule has 0 aliphatic heterocycles. The summed E-state index contributed by atoms with van der Waals surface area (Å²) in [5.41, 5.74) is 1.12. The van der Waals surface area contributed by atoms with Gasteiger partial charge in [0, 0.05) is 36.0 Å². The molecule has 0 unspecified atom stereocenters. The number of thiazole rings is 1. The summed E-state index contributed by atoms with van der Waals surface area (Å²) in [5.74, 6) is 0.855. The smallest absolute Gasteiger partial charge is 0.191 e. The van der Waals surface area contributed by atoms with Gasteiger partial charge in [-0.05, 0) is 24.8 Å².